The molecule has 1 aromatic heterocycles. The van der Waals surface area contributed by atoms with Crippen molar-refractivity contribution in [3.05, 3.63) is 3.92 Å². The lowest BCUT2D eigenvalue weighted by atomic mass is 10.1. The molecule has 0 saturated heterocycles. The summed E-state index contributed by atoms with van der Waals surface area (Å²) in [6, 6.07) is 0. The molecule has 2 N–H and O–H groups in total. The van der Waals surface area contributed by atoms with Crippen LogP contribution in [0.4, 0.5) is 5.13 Å². The Bertz CT molecular complexity index is 256. The number of anilines is 1. The molecule has 0 amide bonds. The second-order valence-electron chi connectivity index (χ2n) is 2.86. The van der Waals surface area contributed by atoms with E-state index in [-0.39, 0.29) is 6.61 Å². The van der Waals surface area contributed by atoms with Crippen LogP contribution >= 0.6 is 27.3 Å². The second kappa shape index (κ2) is 5.51. The molecule has 0 spiro atoms. The van der Waals surface area contributed by atoms with Gasteiger partial charge in [-0.05, 0) is 28.3 Å². The highest BCUT2D eigenvalue weighted by Crippen LogP contribution is 2.20. The minimum atomic E-state index is 0.239. The summed E-state index contributed by atoms with van der Waals surface area (Å²) >= 11 is 4.70. The molecule has 0 saturated carbocycles. The van der Waals surface area contributed by atoms with Crippen molar-refractivity contribution in [1.82, 2.24) is 10.2 Å². The molecule has 1 rings (SSSR count). The smallest absolute Gasteiger partial charge is 0.206 e. The predicted molar refractivity (Wildman–Crippen MR) is 57.0 cm³/mol. The van der Waals surface area contributed by atoms with Crippen molar-refractivity contribution in [1.29, 1.82) is 0 Å². The summed E-state index contributed by atoms with van der Waals surface area (Å²) in [5, 5.41) is 20.4. The van der Waals surface area contributed by atoms with Crippen LogP contribution in [0.25, 0.3) is 0 Å². The lowest BCUT2D eigenvalue weighted by molar-refractivity contribution is 0.266. The Kier molecular flexibility index (Phi) is 4.61. The van der Waals surface area contributed by atoms with E-state index in [2.05, 4.69) is 38.4 Å². The molecular formula is C7H12BrN3OS. The average Bonchev–Trinajstić information content (AvgIpc) is 2.49. The Morgan fingerprint density at radius 1 is 1.62 bits per heavy atom. The van der Waals surface area contributed by atoms with Gasteiger partial charge in [-0.25, -0.2) is 0 Å². The monoisotopic (exact) mass is 265 g/mol. The van der Waals surface area contributed by atoms with Crippen LogP contribution in [0.1, 0.15) is 13.3 Å². The Hall–Kier alpha value is -0.200. The number of nitrogens with one attached hydrogen (secondary N) is 1. The topological polar surface area (TPSA) is 58.0 Å². The van der Waals surface area contributed by atoms with Crippen LogP contribution in [0, 0.1) is 5.92 Å². The largest absolute Gasteiger partial charge is 0.396 e. The zero-order valence-electron chi connectivity index (χ0n) is 7.33. The summed E-state index contributed by atoms with van der Waals surface area (Å²) < 4.78 is 0.782. The number of hydrogen-bond acceptors (Lipinski definition) is 5. The van der Waals surface area contributed by atoms with Crippen LogP contribution in [0.3, 0.4) is 0 Å². The molecule has 0 aromatic carbocycles. The lowest BCUT2D eigenvalue weighted by Gasteiger charge is -2.08. The summed E-state index contributed by atoms with van der Waals surface area (Å²) in [5.41, 5.74) is 0. The Labute approximate surface area is 89.5 Å². The van der Waals surface area contributed by atoms with Crippen molar-refractivity contribution in [2.45, 2.75) is 13.3 Å². The summed E-state index contributed by atoms with van der Waals surface area (Å²) in [5.74, 6) is 0.452. The molecule has 0 bridgehead atoms. The van der Waals surface area contributed by atoms with E-state index in [9.17, 15) is 0 Å². The molecule has 0 radical (unpaired) electrons. The zero-order chi connectivity index (χ0) is 9.68. The molecule has 1 aromatic rings. The standard InChI is InChI=1S/C7H12BrN3OS/c1-5(2-3-12)4-9-7-11-10-6(8)13-7/h5,12H,2-4H2,1H3,(H,9,11). The van der Waals surface area contributed by atoms with Gasteiger partial charge in [0.05, 0.1) is 0 Å². The van der Waals surface area contributed by atoms with Crippen LogP contribution in [0.15, 0.2) is 3.92 Å². The second-order valence-corrected chi connectivity index (χ2v) is 5.11. The average molecular weight is 266 g/mol. The number of aliphatic hydroxyl groups excluding tert-OH is 1. The Balaban J connectivity index is 2.26. The van der Waals surface area contributed by atoms with Crippen molar-refractivity contribution in [3.8, 4) is 0 Å². The van der Waals surface area contributed by atoms with Gasteiger partial charge >= 0.3 is 0 Å². The predicted octanol–water partition coefficient (Wildman–Crippen LogP) is 1.73. The highest BCUT2D eigenvalue weighted by molar-refractivity contribution is 9.11. The first kappa shape index (κ1) is 10.9. The first-order valence-electron chi connectivity index (χ1n) is 4.06. The molecule has 1 unspecified atom stereocenters. The first-order valence-corrected chi connectivity index (χ1v) is 5.67. The van der Waals surface area contributed by atoms with Gasteiger partial charge in [0, 0.05) is 13.2 Å². The maximum Gasteiger partial charge on any atom is 0.206 e. The molecular weight excluding hydrogens is 254 g/mol. The van der Waals surface area contributed by atoms with Gasteiger partial charge in [-0.3, -0.25) is 0 Å². The third kappa shape index (κ3) is 4.02. The SMILES string of the molecule is CC(CCO)CNc1nnc(Br)s1. The molecule has 1 heterocycles. The molecule has 6 heteroatoms. The van der Waals surface area contributed by atoms with Gasteiger partial charge in [-0.1, -0.05) is 18.3 Å². The summed E-state index contributed by atoms with van der Waals surface area (Å²) in [6.07, 6.45) is 0.812. The number of aromatic nitrogens is 2. The third-order valence-corrected chi connectivity index (χ3v) is 2.94. The van der Waals surface area contributed by atoms with Gasteiger partial charge < -0.3 is 10.4 Å². The zero-order valence-corrected chi connectivity index (χ0v) is 9.73. The van der Waals surface area contributed by atoms with Crippen molar-refractivity contribution >= 4 is 32.4 Å². The van der Waals surface area contributed by atoms with E-state index in [4.69, 9.17) is 5.11 Å². The van der Waals surface area contributed by atoms with E-state index >= 15 is 0 Å². The number of nitrogens with zero attached hydrogens (tertiary/aromatic N) is 2. The van der Waals surface area contributed by atoms with Gasteiger partial charge in [0.1, 0.15) is 0 Å². The normalized spacial score (nSPS) is 12.8. The van der Waals surface area contributed by atoms with Gasteiger partial charge in [-0.15, -0.1) is 10.2 Å². The van der Waals surface area contributed by atoms with Crippen LogP contribution in [0.5, 0.6) is 0 Å². The van der Waals surface area contributed by atoms with Crippen LogP contribution in [-0.4, -0.2) is 28.5 Å². The Morgan fingerprint density at radius 2 is 2.38 bits per heavy atom. The number of hydrogen-bond donors (Lipinski definition) is 2. The fraction of sp³-hybridized carbons (Fsp3) is 0.714. The third-order valence-electron chi connectivity index (χ3n) is 1.62. The van der Waals surface area contributed by atoms with Crippen LogP contribution < -0.4 is 5.32 Å². The number of rotatable bonds is 5. The van der Waals surface area contributed by atoms with Crippen molar-refractivity contribution in [2.75, 3.05) is 18.5 Å². The van der Waals surface area contributed by atoms with E-state index < -0.39 is 0 Å². The van der Waals surface area contributed by atoms with Crippen LogP contribution in [-0.2, 0) is 0 Å². The summed E-state index contributed by atoms with van der Waals surface area (Å²) in [7, 11) is 0. The molecule has 0 aliphatic heterocycles. The van der Waals surface area contributed by atoms with Gasteiger partial charge in [-0.2, -0.15) is 0 Å². The summed E-state index contributed by atoms with van der Waals surface area (Å²) in [4.78, 5) is 0. The fourth-order valence-electron chi connectivity index (χ4n) is 0.861. The van der Waals surface area contributed by atoms with E-state index in [0.29, 0.717) is 5.92 Å². The summed E-state index contributed by atoms with van der Waals surface area (Å²) in [6.45, 7) is 3.14. The van der Waals surface area contributed by atoms with E-state index in [1.807, 2.05) is 0 Å². The molecule has 74 valence electrons. The highest BCUT2D eigenvalue weighted by Gasteiger charge is 2.03. The van der Waals surface area contributed by atoms with Gasteiger partial charge in [0.15, 0.2) is 3.92 Å². The number of halogens is 1. The van der Waals surface area contributed by atoms with Crippen molar-refractivity contribution in [2.24, 2.45) is 5.92 Å². The van der Waals surface area contributed by atoms with E-state index in [0.717, 1.165) is 22.0 Å². The molecule has 1 atom stereocenters. The van der Waals surface area contributed by atoms with Gasteiger partial charge in [0.2, 0.25) is 5.13 Å². The van der Waals surface area contributed by atoms with E-state index in [1.165, 1.54) is 11.3 Å². The molecule has 0 fully saturated rings. The quantitative estimate of drug-likeness (QED) is 0.852. The molecule has 0 aliphatic rings. The maximum atomic E-state index is 8.68. The van der Waals surface area contributed by atoms with Crippen LogP contribution in [0.2, 0.25) is 0 Å². The Morgan fingerprint density at radius 3 is 2.92 bits per heavy atom. The molecule has 13 heavy (non-hydrogen) atoms. The van der Waals surface area contributed by atoms with Gasteiger partial charge in [0.25, 0.3) is 0 Å². The molecule has 0 aliphatic carbocycles. The first-order chi connectivity index (χ1) is 6.22. The fourth-order valence-corrected chi connectivity index (χ4v) is 1.88. The lowest BCUT2D eigenvalue weighted by Crippen LogP contribution is -2.12. The van der Waals surface area contributed by atoms with Crippen molar-refractivity contribution < 1.29 is 5.11 Å². The molecule has 4 nitrogen and oxygen atoms in total. The highest BCUT2D eigenvalue weighted by atomic mass is 79.9. The minimum Gasteiger partial charge on any atom is -0.396 e. The van der Waals surface area contributed by atoms with E-state index in [1.54, 1.807) is 0 Å². The van der Waals surface area contributed by atoms with Crippen molar-refractivity contribution in [3.63, 3.8) is 0 Å². The minimum absolute atomic E-state index is 0.239. The maximum absolute atomic E-state index is 8.68. The number of aliphatic hydroxyl groups is 1.